The number of aryl methyl sites for hydroxylation is 1. The average molecular weight is 630 g/mol. The molecule has 2 aliphatic carbocycles. The van der Waals surface area contributed by atoms with Gasteiger partial charge in [0.1, 0.15) is 17.2 Å². The van der Waals surface area contributed by atoms with E-state index in [9.17, 15) is 9.59 Å². The molecule has 1 saturated carbocycles. The fourth-order valence-corrected chi connectivity index (χ4v) is 7.13. The minimum atomic E-state index is -1.91. The monoisotopic (exact) mass is 629 g/mol. The molecule has 7 nitrogen and oxygen atoms in total. The van der Waals surface area contributed by atoms with Crippen molar-refractivity contribution in [3.63, 3.8) is 0 Å². The number of ether oxygens (including phenoxy) is 3. The molecule has 0 aliphatic heterocycles. The molecule has 240 valence electrons. The number of carbonyl (C=O) groups is 2. The smallest absolute Gasteiger partial charge is 0.316 e. The summed E-state index contributed by atoms with van der Waals surface area (Å²) < 4.78 is 23.4. The zero-order chi connectivity index (χ0) is 32.6. The number of esters is 1. The minimum absolute atomic E-state index is 0.0912. The van der Waals surface area contributed by atoms with Crippen LogP contribution < -0.4 is 19.6 Å². The van der Waals surface area contributed by atoms with E-state index in [4.69, 9.17) is 24.4 Å². The van der Waals surface area contributed by atoms with Crippen molar-refractivity contribution in [2.45, 2.75) is 88.8 Å². The lowest BCUT2D eigenvalue weighted by atomic mass is 9.77. The molecule has 0 radical (unpaired) electrons. The summed E-state index contributed by atoms with van der Waals surface area (Å²) in [5, 5.41) is 0.124. The number of carbonyl (C=O) groups excluding carboxylic acids is 2. The minimum Gasteiger partial charge on any atom is -0.544 e. The van der Waals surface area contributed by atoms with Crippen molar-refractivity contribution in [2.75, 3.05) is 20.8 Å². The topological polar surface area (TPSA) is 97.1 Å². The van der Waals surface area contributed by atoms with E-state index >= 15 is 0 Å². The first-order valence-corrected chi connectivity index (χ1v) is 18.8. The van der Waals surface area contributed by atoms with Crippen molar-refractivity contribution in [1.82, 2.24) is 0 Å². The van der Waals surface area contributed by atoms with Crippen molar-refractivity contribution in [3.05, 3.63) is 88.0 Å². The number of benzene rings is 3. The number of amides is 1. The van der Waals surface area contributed by atoms with Gasteiger partial charge in [-0.3, -0.25) is 9.59 Å². The Hall–Kier alpha value is -3.78. The summed E-state index contributed by atoms with van der Waals surface area (Å²) in [6.45, 7) is 11.4. The Morgan fingerprint density at radius 3 is 2.22 bits per heavy atom. The summed E-state index contributed by atoms with van der Waals surface area (Å²) >= 11 is 0. The van der Waals surface area contributed by atoms with Crippen LogP contribution in [0.4, 0.5) is 0 Å². The Kier molecular flexibility index (Phi) is 9.09. The van der Waals surface area contributed by atoms with Crippen molar-refractivity contribution in [2.24, 2.45) is 5.73 Å². The summed E-state index contributed by atoms with van der Waals surface area (Å²) in [5.74, 6) is 1.57. The van der Waals surface area contributed by atoms with Crippen molar-refractivity contribution in [3.8, 4) is 17.2 Å². The van der Waals surface area contributed by atoms with Gasteiger partial charge in [-0.2, -0.15) is 0 Å². The number of nitrogens with two attached hydrogens (primary N) is 1. The van der Waals surface area contributed by atoms with Crippen molar-refractivity contribution >= 4 is 20.2 Å². The maximum Gasteiger partial charge on any atom is 0.316 e. The Morgan fingerprint density at radius 2 is 1.62 bits per heavy atom. The van der Waals surface area contributed by atoms with Gasteiger partial charge in [-0.1, -0.05) is 39.0 Å². The van der Waals surface area contributed by atoms with Crippen LogP contribution in [0.1, 0.15) is 84.1 Å². The van der Waals surface area contributed by atoms with Gasteiger partial charge in [-0.25, -0.2) is 0 Å². The van der Waals surface area contributed by atoms with Crippen LogP contribution in [-0.2, 0) is 34.2 Å². The Bertz CT molecular complexity index is 1570. The molecule has 45 heavy (non-hydrogen) atoms. The molecule has 0 bridgehead atoms. The van der Waals surface area contributed by atoms with E-state index < -0.39 is 19.6 Å². The van der Waals surface area contributed by atoms with Gasteiger partial charge in [-0.15, -0.1) is 0 Å². The van der Waals surface area contributed by atoms with Crippen LogP contribution in [0.3, 0.4) is 0 Å². The molecule has 3 aromatic rings. The highest BCUT2D eigenvalue weighted by molar-refractivity contribution is 6.74. The molecule has 0 aromatic heterocycles. The van der Waals surface area contributed by atoms with Gasteiger partial charge in [0, 0.05) is 17.5 Å². The third-order valence-corrected chi connectivity index (χ3v) is 14.5. The highest BCUT2D eigenvalue weighted by Gasteiger charge is 2.55. The maximum atomic E-state index is 13.6. The first kappa shape index (κ1) is 32.6. The quantitative estimate of drug-likeness (QED) is 0.177. The van der Waals surface area contributed by atoms with E-state index in [2.05, 4.69) is 46.0 Å². The molecule has 0 saturated heterocycles. The number of methoxy groups -OCH3 is 2. The highest BCUT2D eigenvalue weighted by atomic mass is 28.4. The zero-order valence-electron chi connectivity index (χ0n) is 27.8. The third-order valence-electron chi connectivity index (χ3n) is 10.1. The zero-order valence-corrected chi connectivity index (χ0v) is 28.8. The summed E-state index contributed by atoms with van der Waals surface area (Å²) in [6.07, 6.45) is 4.46. The molecular formula is C37H47NO6Si. The number of rotatable bonds is 11. The number of hydrogen-bond acceptors (Lipinski definition) is 6. The first-order valence-electron chi connectivity index (χ1n) is 15.9. The van der Waals surface area contributed by atoms with E-state index in [0.29, 0.717) is 30.6 Å². The van der Waals surface area contributed by atoms with Crippen molar-refractivity contribution < 1.29 is 28.2 Å². The Morgan fingerprint density at radius 1 is 0.933 bits per heavy atom. The van der Waals surface area contributed by atoms with E-state index in [1.807, 2.05) is 36.4 Å². The lowest BCUT2D eigenvalue weighted by molar-refractivity contribution is -0.146. The molecular weight excluding hydrogens is 582 g/mol. The van der Waals surface area contributed by atoms with Crippen LogP contribution in [0.25, 0.3) is 0 Å². The number of hydrogen-bond donors (Lipinski definition) is 1. The first-order chi connectivity index (χ1) is 21.3. The molecule has 0 spiro atoms. The molecule has 1 atom stereocenters. The van der Waals surface area contributed by atoms with Crippen LogP contribution in [0.2, 0.25) is 18.1 Å². The van der Waals surface area contributed by atoms with Crippen LogP contribution in [0.15, 0.2) is 54.6 Å². The molecule has 2 aliphatic rings. The van der Waals surface area contributed by atoms with E-state index in [-0.39, 0.29) is 23.5 Å². The largest absolute Gasteiger partial charge is 0.544 e. The summed E-state index contributed by atoms with van der Waals surface area (Å²) in [5.41, 5.74) is 10.8. The van der Waals surface area contributed by atoms with Gasteiger partial charge in [0.15, 0.2) is 0 Å². The van der Waals surface area contributed by atoms with Gasteiger partial charge < -0.3 is 24.4 Å². The fourth-order valence-electron chi connectivity index (χ4n) is 6.09. The number of fused-ring (bicyclic) bond motifs is 1. The molecule has 8 heteroatoms. The molecule has 1 unspecified atom stereocenters. The highest BCUT2D eigenvalue weighted by Crippen LogP contribution is 2.53. The van der Waals surface area contributed by atoms with Crippen molar-refractivity contribution in [1.29, 1.82) is 0 Å². The third kappa shape index (κ3) is 6.76. The fraction of sp³-hybridized carbons (Fsp3) is 0.459. The number of primary amides is 1. The van der Waals surface area contributed by atoms with Crippen LogP contribution in [0, 0.1) is 0 Å². The molecule has 1 fully saturated rings. The van der Waals surface area contributed by atoms with Gasteiger partial charge in [0.2, 0.25) is 14.2 Å². The predicted octanol–water partition coefficient (Wildman–Crippen LogP) is 7.28. The second-order valence-electron chi connectivity index (χ2n) is 14.1. The lowest BCUT2D eigenvalue weighted by Crippen LogP contribution is -2.43. The lowest BCUT2D eigenvalue weighted by Gasteiger charge is -2.36. The van der Waals surface area contributed by atoms with E-state index in [0.717, 1.165) is 47.5 Å². The molecule has 2 N–H and O–H groups in total. The summed E-state index contributed by atoms with van der Waals surface area (Å²) in [7, 11) is 1.32. The van der Waals surface area contributed by atoms with Crippen LogP contribution in [-0.4, -0.2) is 41.0 Å². The average Bonchev–Trinajstić information content (AvgIpc) is 3.82. The summed E-state index contributed by atoms with van der Waals surface area (Å²) in [6, 6.07) is 18.0. The standard InChI is InChI=1S/C37H47NO6Si/c1-36(2,3)45(6,7)44-28-13-8-24(9-14-28)16-19-43-35(40)37(17-18-37)32-22-30(31(34(38)39)23-33(32)42-5)27-11-10-26-21-29(41-4)15-12-25(26)20-27/h8-9,12-15,21-23,27H,10-11,16-20H2,1-7H3,(H2,38,39). The maximum absolute atomic E-state index is 13.6. The predicted molar refractivity (Wildman–Crippen MR) is 179 cm³/mol. The molecule has 3 aromatic carbocycles. The van der Waals surface area contributed by atoms with Gasteiger partial charge in [-0.05, 0) is 115 Å². The van der Waals surface area contributed by atoms with E-state index in [1.54, 1.807) is 20.3 Å². The van der Waals surface area contributed by atoms with Gasteiger partial charge >= 0.3 is 5.97 Å². The van der Waals surface area contributed by atoms with Gasteiger partial charge in [0.25, 0.3) is 0 Å². The normalized spacial score (nSPS) is 17.2. The molecule has 5 rings (SSSR count). The Balaban J connectivity index is 1.30. The van der Waals surface area contributed by atoms with Crippen LogP contribution in [0.5, 0.6) is 17.2 Å². The second kappa shape index (κ2) is 12.5. The Labute approximate surface area is 268 Å². The SMILES string of the molecule is COc1ccc2c(c1)CCC(c1cc(C3(C(=O)OCCc4ccc(O[Si](C)(C)C(C)(C)C)cc4)CC3)c(OC)cc1C(N)=O)C2. The summed E-state index contributed by atoms with van der Waals surface area (Å²) in [4.78, 5) is 26.3. The second-order valence-corrected chi connectivity index (χ2v) is 18.8. The molecule has 0 heterocycles. The van der Waals surface area contributed by atoms with Gasteiger partial charge in [0.05, 0.1) is 26.2 Å². The van der Waals surface area contributed by atoms with Crippen LogP contribution >= 0.6 is 0 Å². The van der Waals surface area contributed by atoms with E-state index in [1.165, 1.54) is 11.1 Å². The molecule has 1 amide bonds.